The summed E-state index contributed by atoms with van der Waals surface area (Å²) in [7, 11) is 0. The lowest BCUT2D eigenvalue weighted by atomic mass is 10.1. The van der Waals surface area contributed by atoms with Crippen molar-refractivity contribution in [3.8, 4) is 0 Å². The zero-order valence-corrected chi connectivity index (χ0v) is 8.78. The summed E-state index contributed by atoms with van der Waals surface area (Å²) < 4.78 is 12.6. The molecule has 0 radical (unpaired) electrons. The molecule has 0 heterocycles. The molecule has 1 aromatic rings. The Morgan fingerprint density at radius 2 is 2.07 bits per heavy atom. The summed E-state index contributed by atoms with van der Waals surface area (Å²) in [6, 6.07) is 6.55. The van der Waals surface area contributed by atoms with E-state index >= 15 is 0 Å². The first-order chi connectivity index (χ1) is 7.16. The van der Waals surface area contributed by atoms with Crippen molar-refractivity contribution < 1.29 is 9.50 Å². The number of aliphatic hydroxyl groups is 1. The minimum absolute atomic E-state index is 0.269. The predicted octanol–water partition coefficient (Wildman–Crippen LogP) is 1.86. The molecule has 15 heavy (non-hydrogen) atoms. The second-order valence-corrected chi connectivity index (χ2v) is 4.30. The molecule has 0 aliphatic heterocycles. The van der Waals surface area contributed by atoms with Crippen molar-refractivity contribution in [3.05, 3.63) is 35.6 Å². The molecule has 0 bridgehead atoms. The number of hydrogen-bond donors (Lipinski definition) is 2. The first-order valence-corrected chi connectivity index (χ1v) is 5.33. The molecule has 1 aliphatic rings. The van der Waals surface area contributed by atoms with Gasteiger partial charge in [0.2, 0.25) is 0 Å². The smallest absolute Gasteiger partial charge is 0.123 e. The molecule has 1 fully saturated rings. The van der Waals surface area contributed by atoms with Gasteiger partial charge in [0.05, 0.1) is 6.10 Å². The van der Waals surface area contributed by atoms with Gasteiger partial charge in [0.1, 0.15) is 5.82 Å². The highest BCUT2D eigenvalue weighted by molar-refractivity contribution is 5.18. The SMILES string of the molecule is CC1CC1NCC(O)c1ccc(F)cc1. The summed E-state index contributed by atoms with van der Waals surface area (Å²) in [4.78, 5) is 0. The third-order valence-corrected chi connectivity index (χ3v) is 2.94. The van der Waals surface area contributed by atoms with Gasteiger partial charge in [0.25, 0.3) is 0 Å². The van der Waals surface area contributed by atoms with E-state index in [1.54, 1.807) is 12.1 Å². The van der Waals surface area contributed by atoms with E-state index in [0.29, 0.717) is 12.6 Å². The highest BCUT2D eigenvalue weighted by atomic mass is 19.1. The molecule has 2 N–H and O–H groups in total. The van der Waals surface area contributed by atoms with Gasteiger partial charge in [0, 0.05) is 12.6 Å². The van der Waals surface area contributed by atoms with Crippen LogP contribution in [0.5, 0.6) is 0 Å². The van der Waals surface area contributed by atoms with Crippen LogP contribution in [0.1, 0.15) is 25.0 Å². The zero-order chi connectivity index (χ0) is 10.8. The first-order valence-electron chi connectivity index (χ1n) is 5.33. The van der Waals surface area contributed by atoms with Crippen LogP contribution < -0.4 is 5.32 Å². The number of halogens is 1. The van der Waals surface area contributed by atoms with E-state index in [2.05, 4.69) is 12.2 Å². The lowest BCUT2D eigenvalue weighted by Gasteiger charge is -2.11. The molecular formula is C12H16FNO. The number of nitrogens with one attached hydrogen (secondary N) is 1. The van der Waals surface area contributed by atoms with Crippen LogP contribution in [0.4, 0.5) is 4.39 Å². The number of rotatable bonds is 4. The maximum atomic E-state index is 12.6. The lowest BCUT2D eigenvalue weighted by molar-refractivity contribution is 0.173. The molecule has 82 valence electrons. The number of hydrogen-bond acceptors (Lipinski definition) is 2. The Morgan fingerprint density at radius 1 is 1.47 bits per heavy atom. The van der Waals surface area contributed by atoms with Crippen molar-refractivity contribution >= 4 is 0 Å². The maximum Gasteiger partial charge on any atom is 0.123 e. The van der Waals surface area contributed by atoms with E-state index in [4.69, 9.17) is 0 Å². The van der Waals surface area contributed by atoms with E-state index in [0.717, 1.165) is 11.5 Å². The van der Waals surface area contributed by atoms with E-state index in [1.165, 1.54) is 18.6 Å². The fourth-order valence-corrected chi connectivity index (χ4v) is 1.67. The van der Waals surface area contributed by atoms with E-state index < -0.39 is 6.10 Å². The van der Waals surface area contributed by atoms with Crippen LogP contribution in [0.2, 0.25) is 0 Å². The molecule has 3 unspecified atom stereocenters. The summed E-state index contributed by atoms with van der Waals surface area (Å²) in [5.41, 5.74) is 0.761. The minimum Gasteiger partial charge on any atom is -0.387 e. The fraction of sp³-hybridized carbons (Fsp3) is 0.500. The first kappa shape index (κ1) is 10.6. The Morgan fingerprint density at radius 3 is 2.60 bits per heavy atom. The highest BCUT2D eigenvalue weighted by Crippen LogP contribution is 2.29. The molecule has 1 saturated carbocycles. The van der Waals surface area contributed by atoms with E-state index in [-0.39, 0.29) is 5.82 Å². The van der Waals surface area contributed by atoms with Crippen molar-refractivity contribution in [1.29, 1.82) is 0 Å². The van der Waals surface area contributed by atoms with Crippen molar-refractivity contribution in [1.82, 2.24) is 5.32 Å². The predicted molar refractivity (Wildman–Crippen MR) is 56.9 cm³/mol. The van der Waals surface area contributed by atoms with Crippen LogP contribution in [-0.4, -0.2) is 17.7 Å². The molecule has 3 heteroatoms. The van der Waals surface area contributed by atoms with Crippen molar-refractivity contribution in [2.75, 3.05) is 6.54 Å². The average Bonchev–Trinajstić information content (AvgIpc) is 2.92. The zero-order valence-electron chi connectivity index (χ0n) is 8.78. The summed E-state index contributed by atoms with van der Waals surface area (Å²) in [6.07, 6.45) is 0.647. The lowest BCUT2D eigenvalue weighted by Crippen LogP contribution is -2.24. The normalized spacial score (nSPS) is 26.3. The summed E-state index contributed by atoms with van der Waals surface area (Å²) in [6.45, 7) is 2.72. The van der Waals surface area contributed by atoms with Crippen molar-refractivity contribution in [2.45, 2.75) is 25.5 Å². The van der Waals surface area contributed by atoms with Crippen LogP contribution in [0.15, 0.2) is 24.3 Å². The molecule has 3 atom stereocenters. The second kappa shape index (κ2) is 4.29. The van der Waals surface area contributed by atoms with Crippen LogP contribution >= 0.6 is 0 Å². The Hall–Kier alpha value is -0.930. The topological polar surface area (TPSA) is 32.3 Å². The minimum atomic E-state index is -0.543. The van der Waals surface area contributed by atoms with E-state index in [1.807, 2.05) is 0 Å². The summed E-state index contributed by atoms with van der Waals surface area (Å²) in [5, 5.41) is 13.1. The van der Waals surface area contributed by atoms with Gasteiger partial charge >= 0.3 is 0 Å². The quantitative estimate of drug-likeness (QED) is 0.793. The summed E-state index contributed by atoms with van der Waals surface area (Å²) >= 11 is 0. The third kappa shape index (κ3) is 2.76. The molecule has 2 nitrogen and oxygen atoms in total. The van der Waals surface area contributed by atoms with Gasteiger partial charge in [-0.25, -0.2) is 4.39 Å². The molecule has 0 amide bonds. The molecule has 0 spiro atoms. The second-order valence-electron chi connectivity index (χ2n) is 4.30. The summed E-state index contributed by atoms with van der Waals surface area (Å²) in [5.74, 6) is 0.458. The van der Waals surface area contributed by atoms with Crippen LogP contribution in [-0.2, 0) is 0 Å². The molecule has 0 saturated heterocycles. The van der Waals surface area contributed by atoms with Gasteiger partial charge in [-0.05, 0) is 30.0 Å². The average molecular weight is 209 g/mol. The largest absolute Gasteiger partial charge is 0.387 e. The highest BCUT2D eigenvalue weighted by Gasteiger charge is 2.32. The van der Waals surface area contributed by atoms with E-state index in [9.17, 15) is 9.50 Å². The Balaban J connectivity index is 1.84. The molecule has 1 aromatic carbocycles. The fourth-order valence-electron chi connectivity index (χ4n) is 1.67. The van der Waals surface area contributed by atoms with Gasteiger partial charge in [-0.1, -0.05) is 19.1 Å². The van der Waals surface area contributed by atoms with Crippen LogP contribution in [0, 0.1) is 11.7 Å². The monoisotopic (exact) mass is 209 g/mol. The van der Waals surface area contributed by atoms with Crippen LogP contribution in [0.25, 0.3) is 0 Å². The number of benzene rings is 1. The Kier molecular flexibility index (Phi) is 3.03. The van der Waals surface area contributed by atoms with Gasteiger partial charge in [-0.2, -0.15) is 0 Å². The standard InChI is InChI=1S/C12H16FNO/c1-8-6-11(8)14-7-12(15)9-2-4-10(13)5-3-9/h2-5,8,11-12,14-15H,6-7H2,1H3. The number of aliphatic hydroxyl groups excluding tert-OH is 1. The third-order valence-electron chi connectivity index (χ3n) is 2.94. The van der Waals surface area contributed by atoms with Gasteiger partial charge < -0.3 is 10.4 Å². The van der Waals surface area contributed by atoms with Crippen molar-refractivity contribution in [2.24, 2.45) is 5.92 Å². The Bertz CT molecular complexity index is 325. The van der Waals surface area contributed by atoms with Gasteiger partial charge in [0.15, 0.2) is 0 Å². The molecule has 2 rings (SSSR count). The van der Waals surface area contributed by atoms with Gasteiger partial charge in [-0.3, -0.25) is 0 Å². The van der Waals surface area contributed by atoms with Gasteiger partial charge in [-0.15, -0.1) is 0 Å². The maximum absolute atomic E-state index is 12.6. The van der Waals surface area contributed by atoms with Crippen molar-refractivity contribution in [3.63, 3.8) is 0 Å². The molecule has 0 aromatic heterocycles. The molecule has 1 aliphatic carbocycles. The molecular weight excluding hydrogens is 193 g/mol. The Labute approximate surface area is 89.1 Å². The van der Waals surface area contributed by atoms with Crippen LogP contribution in [0.3, 0.4) is 0 Å².